The largest absolute Gasteiger partial charge is 0.481 e. The van der Waals surface area contributed by atoms with Gasteiger partial charge in [-0.3, -0.25) is 9.59 Å². The SMILES string of the molecule is O=C(O)CCCCCCCC(=O)N(c1ccccc1)C1CCCCC1. The first-order chi connectivity index (χ1) is 12.2. The maximum absolute atomic E-state index is 12.9. The van der Waals surface area contributed by atoms with Gasteiger partial charge in [0.05, 0.1) is 0 Å². The van der Waals surface area contributed by atoms with Crippen molar-refractivity contribution >= 4 is 17.6 Å². The van der Waals surface area contributed by atoms with Gasteiger partial charge < -0.3 is 10.0 Å². The van der Waals surface area contributed by atoms with Crippen molar-refractivity contribution < 1.29 is 14.7 Å². The average molecular weight is 345 g/mol. The van der Waals surface area contributed by atoms with E-state index >= 15 is 0 Å². The van der Waals surface area contributed by atoms with Crippen LogP contribution in [0, 0.1) is 0 Å². The van der Waals surface area contributed by atoms with Gasteiger partial charge in [0.2, 0.25) is 5.91 Å². The number of carbonyl (C=O) groups is 2. The Hall–Kier alpha value is -1.84. The molecule has 4 nitrogen and oxygen atoms in total. The normalized spacial score (nSPS) is 15.0. The van der Waals surface area contributed by atoms with E-state index in [2.05, 4.69) is 0 Å². The Morgan fingerprint density at radius 2 is 1.48 bits per heavy atom. The first-order valence-electron chi connectivity index (χ1n) is 9.77. The molecule has 0 aliphatic heterocycles. The third-order valence-corrected chi connectivity index (χ3v) is 5.02. The van der Waals surface area contributed by atoms with Gasteiger partial charge in [-0.05, 0) is 37.8 Å². The summed E-state index contributed by atoms with van der Waals surface area (Å²) in [5.41, 5.74) is 1.03. The Morgan fingerprint density at radius 3 is 2.12 bits per heavy atom. The highest BCUT2D eigenvalue weighted by molar-refractivity contribution is 5.93. The van der Waals surface area contributed by atoms with Crippen LogP contribution in [0.1, 0.15) is 77.0 Å². The number of carbonyl (C=O) groups excluding carboxylic acids is 1. The highest BCUT2D eigenvalue weighted by Crippen LogP contribution is 2.28. The molecule has 0 bridgehead atoms. The lowest BCUT2D eigenvalue weighted by molar-refractivity contribution is -0.137. The number of nitrogens with zero attached hydrogens (tertiary/aromatic N) is 1. The molecule has 1 saturated carbocycles. The maximum Gasteiger partial charge on any atom is 0.303 e. The summed E-state index contributed by atoms with van der Waals surface area (Å²) in [6.07, 6.45) is 11.3. The van der Waals surface area contributed by atoms with Gasteiger partial charge in [0, 0.05) is 24.6 Å². The van der Waals surface area contributed by atoms with E-state index < -0.39 is 5.97 Å². The first-order valence-corrected chi connectivity index (χ1v) is 9.77. The standard InChI is InChI=1S/C21H31NO3/c23-20(16-10-2-1-3-11-17-21(24)25)22(18-12-6-4-7-13-18)19-14-8-5-9-15-19/h4,6-7,12-13,19H,1-3,5,8-11,14-17H2,(H,24,25). The number of hydrogen-bond acceptors (Lipinski definition) is 2. The Bertz CT molecular complexity index is 523. The number of aliphatic carboxylic acids is 1. The van der Waals surface area contributed by atoms with Crippen LogP contribution in [-0.4, -0.2) is 23.0 Å². The summed E-state index contributed by atoms with van der Waals surface area (Å²) < 4.78 is 0. The lowest BCUT2D eigenvalue weighted by Crippen LogP contribution is -2.41. The number of carboxylic acid groups (broad SMARTS) is 1. The Labute approximate surface area is 151 Å². The van der Waals surface area contributed by atoms with Gasteiger partial charge in [0.25, 0.3) is 0 Å². The summed E-state index contributed by atoms with van der Waals surface area (Å²) >= 11 is 0. The third-order valence-electron chi connectivity index (χ3n) is 5.02. The zero-order chi connectivity index (χ0) is 17.9. The van der Waals surface area contributed by atoms with Crippen molar-refractivity contribution in [1.29, 1.82) is 0 Å². The molecule has 0 aromatic heterocycles. The van der Waals surface area contributed by atoms with Gasteiger partial charge in [-0.2, -0.15) is 0 Å². The number of amides is 1. The van der Waals surface area contributed by atoms with E-state index in [1.165, 1.54) is 19.3 Å². The van der Waals surface area contributed by atoms with Gasteiger partial charge >= 0.3 is 5.97 Å². The molecule has 1 aliphatic carbocycles. The van der Waals surface area contributed by atoms with Crippen LogP contribution < -0.4 is 4.90 Å². The number of unbranched alkanes of at least 4 members (excludes halogenated alkanes) is 4. The second-order valence-electron chi connectivity index (χ2n) is 7.05. The summed E-state index contributed by atoms with van der Waals surface area (Å²) in [5, 5.41) is 8.63. The Balaban J connectivity index is 1.81. The molecule has 0 heterocycles. The summed E-state index contributed by atoms with van der Waals surface area (Å²) in [4.78, 5) is 25.4. The van der Waals surface area contributed by atoms with Crippen molar-refractivity contribution in [2.24, 2.45) is 0 Å². The third kappa shape index (κ3) is 6.89. The zero-order valence-corrected chi connectivity index (χ0v) is 15.2. The highest BCUT2D eigenvalue weighted by atomic mass is 16.4. The summed E-state index contributed by atoms with van der Waals surface area (Å²) in [6.45, 7) is 0. The van der Waals surface area contributed by atoms with Crippen LogP contribution in [0.3, 0.4) is 0 Å². The van der Waals surface area contributed by atoms with Crippen LogP contribution in [0.25, 0.3) is 0 Å². The number of hydrogen-bond donors (Lipinski definition) is 1. The number of para-hydroxylation sites is 1. The van der Waals surface area contributed by atoms with E-state index in [0.717, 1.165) is 50.6 Å². The second kappa shape index (κ2) is 10.9. The number of rotatable bonds is 10. The van der Waals surface area contributed by atoms with Crippen molar-refractivity contribution in [2.45, 2.75) is 83.1 Å². The average Bonchev–Trinajstić information content (AvgIpc) is 2.63. The number of anilines is 1. The Kier molecular flexibility index (Phi) is 8.50. The van der Waals surface area contributed by atoms with Crippen LogP contribution in [0.5, 0.6) is 0 Å². The van der Waals surface area contributed by atoms with Crippen LogP contribution in [0.4, 0.5) is 5.69 Å². The summed E-state index contributed by atoms with van der Waals surface area (Å²) in [7, 11) is 0. The first kappa shape index (κ1) is 19.5. The van der Waals surface area contributed by atoms with E-state index in [4.69, 9.17) is 5.11 Å². The highest BCUT2D eigenvalue weighted by Gasteiger charge is 2.26. The van der Waals surface area contributed by atoms with Crippen LogP contribution in [0.15, 0.2) is 30.3 Å². The van der Waals surface area contributed by atoms with Crippen molar-refractivity contribution in [2.75, 3.05) is 4.90 Å². The fourth-order valence-corrected chi connectivity index (χ4v) is 3.69. The molecule has 0 saturated heterocycles. The van der Waals surface area contributed by atoms with Gasteiger partial charge in [-0.25, -0.2) is 0 Å². The lowest BCUT2D eigenvalue weighted by Gasteiger charge is -2.34. The predicted octanol–water partition coefficient (Wildman–Crippen LogP) is 5.17. The summed E-state index contributed by atoms with van der Waals surface area (Å²) in [6, 6.07) is 10.4. The molecular weight excluding hydrogens is 314 g/mol. The molecular formula is C21H31NO3. The van der Waals surface area contributed by atoms with Crippen LogP contribution in [0.2, 0.25) is 0 Å². The minimum atomic E-state index is -0.721. The van der Waals surface area contributed by atoms with Crippen molar-refractivity contribution in [1.82, 2.24) is 0 Å². The van der Waals surface area contributed by atoms with E-state index in [0.29, 0.717) is 12.5 Å². The maximum atomic E-state index is 12.9. The predicted molar refractivity (Wildman–Crippen MR) is 101 cm³/mol. The van der Waals surface area contributed by atoms with Crippen molar-refractivity contribution in [3.05, 3.63) is 30.3 Å². The van der Waals surface area contributed by atoms with Gasteiger partial charge in [0.15, 0.2) is 0 Å². The zero-order valence-electron chi connectivity index (χ0n) is 15.2. The van der Waals surface area contributed by atoms with Gasteiger partial charge in [0.1, 0.15) is 0 Å². The molecule has 2 rings (SSSR count). The molecule has 1 N–H and O–H groups in total. The molecule has 0 spiro atoms. The van der Waals surface area contributed by atoms with Crippen molar-refractivity contribution in [3.8, 4) is 0 Å². The molecule has 1 amide bonds. The molecule has 0 unspecified atom stereocenters. The van der Waals surface area contributed by atoms with E-state index in [9.17, 15) is 9.59 Å². The van der Waals surface area contributed by atoms with Crippen LogP contribution in [-0.2, 0) is 9.59 Å². The van der Waals surface area contributed by atoms with E-state index in [1.807, 2.05) is 35.2 Å². The fraction of sp³-hybridized carbons (Fsp3) is 0.619. The summed E-state index contributed by atoms with van der Waals surface area (Å²) in [5.74, 6) is -0.482. The fourth-order valence-electron chi connectivity index (χ4n) is 3.69. The molecule has 25 heavy (non-hydrogen) atoms. The van der Waals surface area contributed by atoms with Gasteiger partial charge in [-0.1, -0.05) is 56.7 Å². The smallest absolute Gasteiger partial charge is 0.303 e. The number of carboxylic acids is 1. The quantitative estimate of drug-likeness (QED) is 0.595. The topological polar surface area (TPSA) is 57.6 Å². The monoisotopic (exact) mass is 345 g/mol. The minimum Gasteiger partial charge on any atom is -0.481 e. The van der Waals surface area contributed by atoms with E-state index in [1.54, 1.807) is 0 Å². The molecule has 0 radical (unpaired) electrons. The molecule has 138 valence electrons. The molecule has 1 aromatic carbocycles. The second-order valence-corrected chi connectivity index (χ2v) is 7.05. The van der Waals surface area contributed by atoms with E-state index in [-0.39, 0.29) is 12.3 Å². The van der Waals surface area contributed by atoms with Crippen LogP contribution >= 0.6 is 0 Å². The Morgan fingerprint density at radius 1 is 0.880 bits per heavy atom. The molecule has 1 aliphatic rings. The van der Waals surface area contributed by atoms with Gasteiger partial charge in [-0.15, -0.1) is 0 Å². The lowest BCUT2D eigenvalue weighted by atomic mass is 9.93. The van der Waals surface area contributed by atoms with Crippen molar-refractivity contribution in [3.63, 3.8) is 0 Å². The molecule has 1 fully saturated rings. The number of benzene rings is 1. The minimum absolute atomic E-state index is 0.239. The molecule has 4 heteroatoms. The molecule has 1 aromatic rings. The molecule has 0 atom stereocenters.